The van der Waals surface area contributed by atoms with E-state index in [-0.39, 0.29) is 17.8 Å². The molecule has 2 aromatic carbocycles. The highest BCUT2D eigenvalue weighted by Crippen LogP contribution is 2.33. The molecule has 0 saturated heterocycles. The first-order valence-corrected chi connectivity index (χ1v) is 10.8. The van der Waals surface area contributed by atoms with E-state index in [1.807, 2.05) is 42.0 Å². The zero-order valence-corrected chi connectivity index (χ0v) is 17.7. The number of imidazole rings is 1. The van der Waals surface area contributed by atoms with Crippen LogP contribution in [-0.2, 0) is 0 Å². The van der Waals surface area contributed by atoms with Gasteiger partial charge in [0.2, 0.25) is 0 Å². The molecule has 162 valence electrons. The molecule has 1 saturated carbocycles. The van der Waals surface area contributed by atoms with Crippen molar-refractivity contribution in [3.63, 3.8) is 0 Å². The number of halogens is 1. The van der Waals surface area contributed by atoms with Crippen molar-refractivity contribution in [3.8, 4) is 28.2 Å². The minimum atomic E-state index is -0.336. The van der Waals surface area contributed by atoms with E-state index in [9.17, 15) is 9.18 Å². The van der Waals surface area contributed by atoms with Crippen molar-refractivity contribution in [2.45, 2.75) is 38.6 Å². The van der Waals surface area contributed by atoms with E-state index in [1.54, 1.807) is 18.5 Å². The molecule has 1 N–H and O–H groups in total. The number of nitrogens with one attached hydrogen (secondary N) is 1. The summed E-state index contributed by atoms with van der Waals surface area (Å²) in [5.74, 6) is 0.236. The number of rotatable bonds is 5. The molecule has 0 aliphatic heterocycles. The number of nitrogens with zero attached hydrogens (tertiary/aromatic N) is 3. The largest absolute Gasteiger partial charge is 0.360 e. The van der Waals surface area contributed by atoms with Crippen LogP contribution >= 0.6 is 0 Å². The number of carbonyl (C=O) groups excluding carboxylic acids is 1. The maximum atomic E-state index is 13.7. The molecule has 1 aliphatic carbocycles. The highest BCUT2D eigenvalue weighted by atomic mass is 19.1. The Labute approximate surface area is 185 Å². The standard InChI is InChI=1S/C25H23FN4O2/c1-16-23(24(29-32-16)18-5-4-6-19(26)13-18)22-14-30(15-27-22)21-11-9-17(10-12-21)25(31)28-20-7-2-3-8-20/h4-6,9-15,20H,2-3,7-8H2,1H3,(H,28,31). The van der Waals surface area contributed by atoms with Gasteiger partial charge in [-0.2, -0.15) is 0 Å². The van der Waals surface area contributed by atoms with Gasteiger partial charge in [0.15, 0.2) is 0 Å². The molecule has 32 heavy (non-hydrogen) atoms. The summed E-state index contributed by atoms with van der Waals surface area (Å²) in [6.07, 6.45) is 8.04. The predicted molar refractivity (Wildman–Crippen MR) is 119 cm³/mol. The van der Waals surface area contributed by atoms with E-state index < -0.39 is 0 Å². The topological polar surface area (TPSA) is 73.0 Å². The van der Waals surface area contributed by atoms with E-state index in [1.165, 1.54) is 25.0 Å². The van der Waals surface area contributed by atoms with Crippen LogP contribution in [-0.4, -0.2) is 26.7 Å². The van der Waals surface area contributed by atoms with E-state index in [4.69, 9.17) is 4.52 Å². The first-order chi connectivity index (χ1) is 15.6. The van der Waals surface area contributed by atoms with E-state index in [2.05, 4.69) is 15.5 Å². The zero-order chi connectivity index (χ0) is 22.1. The molecular formula is C25H23FN4O2. The lowest BCUT2D eigenvalue weighted by Gasteiger charge is -2.12. The van der Waals surface area contributed by atoms with E-state index in [0.717, 1.165) is 24.1 Å². The van der Waals surface area contributed by atoms with Crippen LogP contribution in [0.5, 0.6) is 0 Å². The van der Waals surface area contributed by atoms with Gasteiger partial charge in [0.05, 0.1) is 17.6 Å². The summed E-state index contributed by atoms with van der Waals surface area (Å²) in [5.41, 5.74) is 4.09. The number of amides is 1. The van der Waals surface area contributed by atoms with Gasteiger partial charge >= 0.3 is 0 Å². The first kappa shape index (κ1) is 20.2. The Balaban J connectivity index is 1.39. The van der Waals surface area contributed by atoms with Crippen LogP contribution < -0.4 is 5.32 Å². The molecule has 0 spiro atoms. The summed E-state index contributed by atoms with van der Waals surface area (Å²) < 4.78 is 21.0. The van der Waals surface area contributed by atoms with Crippen LogP contribution in [0, 0.1) is 12.7 Å². The third-order valence-corrected chi connectivity index (χ3v) is 5.92. The lowest BCUT2D eigenvalue weighted by Crippen LogP contribution is -2.32. The number of hydrogen-bond donors (Lipinski definition) is 1. The average Bonchev–Trinajstić information content (AvgIpc) is 3.55. The predicted octanol–water partition coefficient (Wildman–Crippen LogP) is 5.31. The van der Waals surface area contributed by atoms with Gasteiger partial charge in [-0.15, -0.1) is 0 Å². The van der Waals surface area contributed by atoms with Crippen LogP contribution in [0.15, 0.2) is 65.6 Å². The second-order valence-corrected chi connectivity index (χ2v) is 8.14. The van der Waals surface area contributed by atoms with Crippen molar-refractivity contribution in [1.82, 2.24) is 20.0 Å². The number of aromatic nitrogens is 3. The molecular weight excluding hydrogens is 407 g/mol. The van der Waals surface area contributed by atoms with Gasteiger partial charge in [0.1, 0.15) is 17.3 Å². The molecule has 6 nitrogen and oxygen atoms in total. The Morgan fingerprint density at radius 3 is 2.69 bits per heavy atom. The van der Waals surface area contributed by atoms with Crippen LogP contribution in [0.1, 0.15) is 41.8 Å². The molecule has 1 aliphatic rings. The number of aryl methyl sites for hydroxylation is 1. The smallest absolute Gasteiger partial charge is 0.251 e. The fourth-order valence-electron chi connectivity index (χ4n) is 4.22. The van der Waals surface area contributed by atoms with Crippen molar-refractivity contribution in [3.05, 3.63) is 78.2 Å². The van der Waals surface area contributed by atoms with E-state index >= 15 is 0 Å². The normalized spacial score (nSPS) is 14.1. The molecule has 1 amide bonds. The molecule has 0 unspecified atom stereocenters. The summed E-state index contributed by atoms with van der Waals surface area (Å²) in [5, 5.41) is 7.23. The monoisotopic (exact) mass is 430 g/mol. The molecule has 0 atom stereocenters. The van der Waals surface area contributed by atoms with Gasteiger partial charge in [0.25, 0.3) is 5.91 Å². The fourth-order valence-corrected chi connectivity index (χ4v) is 4.22. The molecule has 2 aromatic heterocycles. The van der Waals surface area contributed by atoms with Crippen LogP contribution in [0.2, 0.25) is 0 Å². The fraction of sp³-hybridized carbons (Fsp3) is 0.240. The Bertz CT molecular complexity index is 1250. The Morgan fingerprint density at radius 1 is 1.16 bits per heavy atom. The maximum absolute atomic E-state index is 13.7. The second kappa shape index (κ2) is 8.42. The summed E-state index contributed by atoms with van der Waals surface area (Å²) in [6, 6.07) is 14.0. The van der Waals surface area contributed by atoms with Crippen molar-refractivity contribution in [1.29, 1.82) is 0 Å². The highest BCUT2D eigenvalue weighted by Gasteiger charge is 2.20. The number of carbonyl (C=O) groups is 1. The maximum Gasteiger partial charge on any atom is 0.251 e. The number of hydrogen-bond acceptors (Lipinski definition) is 4. The Kier molecular flexibility index (Phi) is 5.31. The zero-order valence-electron chi connectivity index (χ0n) is 17.7. The summed E-state index contributed by atoms with van der Waals surface area (Å²) in [6.45, 7) is 1.81. The van der Waals surface area contributed by atoms with Gasteiger partial charge in [0, 0.05) is 29.1 Å². The Hall–Kier alpha value is -3.74. The van der Waals surface area contributed by atoms with Crippen molar-refractivity contribution < 1.29 is 13.7 Å². The third-order valence-electron chi connectivity index (χ3n) is 5.92. The molecule has 7 heteroatoms. The summed E-state index contributed by atoms with van der Waals surface area (Å²) in [7, 11) is 0. The van der Waals surface area contributed by atoms with Gasteiger partial charge in [-0.25, -0.2) is 9.37 Å². The lowest BCUT2D eigenvalue weighted by atomic mass is 10.0. The molecule has 4 aromatic rings. The van der Waals surface area contributed by atoms with Gasteiger partial charge in [-0.1, -0.05) is 30.1 Å². The lowest BCUT2D eigenvalue weighted by molar-refractivity contribution is 0.0938. The quantitative estimate of drug-likeness (QED) is 0.465. The molecule has 0 bridgehead atoms. The third kappa shape index (κ3) is 3.93. The average molecular weight is 430 g/mol. The van der Waals surface area contributed by atoms with Crippen LogP contribution in [0.4, 0.5) is 4.39 Å². The van der Waals surface area contributed by atoms with Gasteiger partial charge in [-0.3, -0.25) is 4.79 Å². The van der Waals surface area contributed by atoms with Crippen LogP contribution in [0.25, 0.3) is 28.2 Å². The Morgan fingerprint density at radius 2 is 1.94 bits per heavy atom. The van der Waals surface area contributed by atoms with Crippen molar-refractivity contribution >= 4 is 5.91 Å². The van der Waals surface area contributed by atoms with E-state index in [0.29, 0.717) is 28.3 Å². The second-order valence-electron chi connectivity index (χ2n) is 8.14. The van der Waals surface area contributed by atoms with Crippen molar-refractivity contribution in [2.24, 2.45) is 0 Å². The highest BCUT2D eigenvalue weighted by molar-refractivity contribution is 5.94. The van der Waals surface area contributed by atoms with Crippen molar-refractivity contribution in [2.75, 3.05) is 0 Å². The first-order valence-electron chi connectivity index (χ1n) is 10.8. The minimum absolute atomic E-state index is 0.0328. The van der Waals surface area contributed by atoms with Gasteiger partial charge < -0.3 is 14.4 Å². The number of benzene rings is 2. The summed E-state index contributed by atoms with van der Waals surface area (Å²) in [4.78, 5) is 17.0. The molecule has 2 heterocycles. The molecule has 1 fully saturated rings. The molecule has 0 radical (unpaired) electrons. The SMILES string of the molecule is Cc1onc(-c2cccc(F)c2)c1-c1cn(-c2ccc(C(=O)NC3CCCC3)cc2)cn1. The van der Waals surface area contributed by atoms with Gasteiger partial charge in [-0.05, 0) is 56.2 Å². The van der Waals surface area contributed by atoms with Crippen LogP contribution in [0.3, 0.4) is 0 Å². The minimum Gasteiger partial charge on any atom is -0.360 e. The molecule has 5 rings (SSSR count). The summed E-state index contributed by atoms with van der Waals surface area (Å²) >= 11 is 0.